The zero-order valence-corrected chi connectivity index (χ0v) is 9.72. The molecule has 0 aromatic rings. The smallest absolute Gasteiger partial charge is 0.323 e. The number of carbonyl (C=O) groups is 2. The fraction of sp³-hybridized carbons (Fsp3) is 0.636. The number of nitrogens with zero attached hydrogens (tertiary/aromatic N) is 1. The van der Waals surface area contributed by atoms with Crippen molar-refractivity contribution >= 4 is 12.0 Å². The topological polar surface area (TPSA) is 78.9 Å². The van der Waals surface area contributed by atoms with E-state index in [4.69, 9.17) is 9.84 Å². The molecular weight excluding hydrogens is 224 g/mol. The monoisotopic (exact) mass is 242 g/mol. The maximum atomic E-state index is 11.8. The van der Waals surface area contributed by atoms with E-state index >= 15 is 0 Å². The molecule has 0 radical (unpaired) electrons. The molecule has 0 saturated carbocycles. The van der Waals surface area contributed by atoms with Crippen molar-refractivity contribution in [3.8, 4) is 0 Å². The van der Waals surface area contributed by atoms with Gasteiger partial charge < -0.3 is 20.1 Å². The second kappa shape index (κ2) is 6.90. The lowest BCUT2D eigenvalue weighted by atomic mass is 10.1. The van der Waals surface area contributed by atoms with Gasteiger partial charge in [-0.1, -0.05) is 6.08 Å². The van der Waals surface area contributed by atoms with E-state index in [1.54, 1.807) is 0 Å². The van der Waals surface area contributed by atoms with E-state index in [0.29, 0.717) is 13.2 Å². The molecule has 2 N–H and O–H groups in total. The van der Waals surface area contributed by atoms with Crippen LogP contribution in [0.2, 0.25) is 0 Å². The zero-order valence-electron chi connectivity index (χ0n) is 9.72. The number of carboxylic acid groups (broad SMARTS) is 1. The molecule has 1 fully saturated rings. The third-order valence-corrected chi connectivity index (χ3v) is 2.51. The molecule has 0 aromatic heterocycles. The highest BCUT2D eigenvalue weighted by Crippen LogP contribution is 2.06. The molecule has 6 nitrogen and oxygen atoms in total. The Bertz CT molecular complexity index is 287. The van der Waals surface area contributed by atoms with Crippen molar-refractivity contribution in [3.05, 3.63) is 12.7 Å². The van der Waals surface area contributed by atoms with Crippen LogP contribution in [0.5, 0.6) is 0 Å². The average molecular weight is 242 g/mol. The molecule has 17 heavy (non-hydrogen) atoms. The summed E-state index contributed by atoms with van der Waals surface area (Å²) in [6, 6.07) is -0.295. The summed E-state index contributed by atoms with van der Waals surface area (Å²) in [5, 5.41) is 11.5. The molecule has 0 bridgehead atoms. The quantitative estimate of drug-likeness (QED) is 0.686. The minimum atomic E-state index is -1.03. The highest BCUT2D eigenvalue weighted by Gasteiger charge is 2.20. The van der Waals surface area contributed by atoms with Gasteiger partial charge in [-0.15, -0.1) is 6.58 Å². The van der Waals surface area contributed by atoms with Crippen LogP contribution in [0.25, 0.3) is 0 Å². The van der Waals surface area contributed by atoms with E-state index in [0.717, 1.165) is 12.8 Å². The lowest BCUT2D eigenvalue weighted by molar-refractivity contribution is -0.137. The second-order valence-corrected chi connectivity index (χ2v) is 3.90. The summed E-state index contributed by atoms with van der Waals surface area (Å²) in [5.41, 5.74) is 0. The number of carbonyl (C=O) groups excluding carboxylic acids is 1. The van der Waals surface area contributed by atoms with Crippen LogP contribution in [0.3, 0.4) is 0 Å². The van der Waals surface area contributed by atoms with Crippen LogP contribution in [-0.2, 0) is 9.53 Å². The van der Waals surface area contributed by atoms with E-state index in [-0.39, 0.29) is 25.2 Å². The highest BCUT2D eigenvalue weighted by molar-refractivity contribution is 5.80. The van der Waals surface area contributed by atoms with Gasteiger partial charge in [0.05, 0.1) is 0 Å². The van der Waals surface area contributed by atoms with Crippen molar-refractivity contribution < 1.29 is 19.4 Å². The summed E-state index contributed by atoms with van der Waals surface area (Å²) >= 11 is 0. The van der Waals surface area contributed by atoms with Crippen LogP contribution in [0, 0.1) is 0 Å². The number of ether oxygens (including phenoxy) is 1. The van der Waals surface area contributed by atoms with Crippen LogP contribution < -0.4 is 5.32 Å². The minimum absolute atomic E-state index is 0.0670. The van der Waals surface area contributed by atoms with Crippen LogP contribution >= 0.6 is 0 Å². The van der Waals surface area contributed by atoms with Gasteiger partial charge in [0.25, 0.3) is 0 Å². The van der Waals surface area contributed by atoms with Crippen LogP contribution in [0.1, 0.15) is 12.8 Å². The average Bonchev–Trinajstić information content (AvgIpc) is 2.29. The lowest BCUT2D eigenvalue weighted by Gasteiger charge is -2.27. The first-order valence-corrected chi connectivity index (χ1v) is 5.59. The molecule has 1 aliphatic rings. The van der Waals surface area contributed by atoms with Crippen molar-refractivity contribution in [2.24, 2.45) is 0 Å². The van der Waals surface area contributed by atoms with Crippen molar-refractivity contribution in [3.63, 3.8) is 0 Å². The molecule has 0 spiro atoms. The Labute approximate surface area is 100 Å². The highest BCUT2D eigenvalue weighted by atomic mass is 16.5. The SMILES string of the molecule is C=CCN(CC(=O)O)C(=O)NC1CCOCC1. The van der Waals surface area contributed by atoms with E-state index in [2.05, 4.69) is 11.9 Å². The van der Waals surface area contributed by atoms with E-state index < -0.39 is 5.97 Å². The molecule has 1 aliphatic heterocycles. The summed E-state index contributed by atoms with van der Waals surface area (Å²) < 4.78 is 5.18. The number of hydrogen-bond donors (Lipinski definition) is 2. The van der Waals surface area contributed by atoms with E-state index in [1.165, 1.54) is 11.0 Å². The van der Waals surface area contributed by atoms with Gasteiger partial charge in [0.1, 0.15) is 6.54 Å². The standard InChI is InChI=1S/C11H18N2O4/c1-2-5-13(8-10(14)15)11(16)12-9-3-6-17-7-4-9/h2,9H,1,3-8H2,(H,12,16)(H,14,15). The van der Waals surface area contributed by atoms with Crippen LogP contribution in [0.4, 0.5) is 4.79 Å². The Kier molecular flexibility index (Phi) is 5.48. The Hall–Kier alpha value is -1.56. The van der Waals surface area contributed by atoms with E-state index in [1.807, 2.05) is 0 Å². The molecule has 1 rings (SSSR count). The third-order valence-electron chi connectivity index (χ3n) is 2.51. The predicted octanol–water partition coefficient (Wildman–Crippen LogP) is 0.448. The summed E-state index contributed by atoms with van der Waals surface area (Å²) in [4.78, 5) is 23.6. The van der Waals surface area contributed by atoms with Gasteiger partial charge in [-0.2, -0.15) is 0 Å². The second-order valence-electron chi connectivity index (χ2n) is 3.90. The Morgan fingerprint density at radius 3 is 2.65 bits per heavy atom. The summed E-state index contributed by atoms with van der Waals surface area (Å²) in [7, 11) is 0. The van der Waals surface area contributed by atoms with Crippen molar-refractivity contribution in [2.75, 3.05) is 26.3 Å². The molecule has 0 aromatic carbocycles. The summed E-state index contributed by atoms with van der Waals surface area (Å²) in [6.45, 7) is 4.67. The normalized spacial score (nSPS) is 16.2. The number of amides is 2. The van der Waals surface area contributed by atoms with Crippen molar-refractivity contribution in [1.82, 2.24) is 10.2 Å². The van der Waals surface area contributed by atoms with Gasteiger partial charge >= 0.3 is 12.0 Å². The molecule has 96 valence electrons. The van der Waals surface area contributed by atoms with Gasteiger partial charge in [0.15, 0.2) is 0 Å². The number of hydrogen-bond acceptors (Lipinski definition) is 3. The van der Waals surface area contributed by atoms with Gasteiger partial charge in [0.2, 0.25) is 0 Å². The number of nitrogens with one attached hydrogen (secondary N) is 1. The number of urea groups is 1. The molecule has 0 unspecified atom stereocenters. The number of aliphatic carboxylic acids is 1. The molecular formula is C11H18N2O4. The Morgan fingerprint density at radius 1 is 1.47 bits per heavy atom. The van der Waals surface area contributed by atoms with Crippen LogP contribution in [0.15, 0.2) is 12.7 Å². The molecule has 0 atom stereocenters. The fourth-order valence-electron chi connectivity index (χ4n) is 1.65. The molecule has 2 amide bonds. The Morgan fingerprint density at radius 2 is 2.12 bits per heavy atom. The molecule has 6 heteroatoms. The largest absolute Gasteiger partial charge is 0.480 e. The first kappa shape index (κ1) is 13.5. The third kappa shape index (κ3) is 4.86. The number of rotatable bonds is 5. The maximum absolute atomic E-state index is 11.8. The van der Waals surface area contributed by atoms with Gasteiger partial charge in [-0.3, -0.25) is 4.79 Å². The van der Waals surface area contributed by atoms with Crippen molar-refractivity contribution in [2.45, 2.75) is 18.9 Å². The van der Waals surface area contributed by atoms with Gasteiger partial charge in [0, 0.05) is 25.8 Å². The van der Waals surface area contributed by atoms with E-state index in [9.17, 15) is 9.59 Å². The molecule has 1 saturated heterocycles. The van der Waals surface area contributed by atoms with Crippen LogP contribution in [-0.4, -0.2) is 54.4 Å². The summed E-state index contributed by atoms with van der Waals surface area (Å²) in [5.74, 6) is -1.03. The zero-order chi connectivity index (χ0) is 12.7. The maximum Gasteiger partial charge on any atom is 0.323 e. The predicted molar refractivity (Wildman–Crippen MR) is 61.8 cm³/mol. The fourth-order valence-corrected chi connectivity index (χ4v) is 1.65. The van der Waals surface area contributed by atoms with Gasteiger partial charge in [-0.25, -0.2) is 4.79 Å². The minimum Gasteiger partial charge on any atom is -0.480 e. The Balaban J connectivity index is 2.45. The van der Waals surface area contributed by atoms with Crippen molar-refractivity contribution in [1.29, 1.82) is 0 Å². The molecule has 0 aliphatic carbocycles. The summed E-state index contributed by atoms with van der Waals surface area (Å²) in [6.07, 6.45) is 3.04. The first-order valence-electron chi connectivity index (χ1n) is 5.59. The molecule has 1 heterocycles. The first-order chi connectivity index (χ1) is 8.13. The van der Waals surface area contributed by atoms with Gasteiger partial charge in [-0.05, 0) is 12.8 Å². The number of carboxylic acids is 1. The lowest BCUT2D eigenvalue weighted by Crippen LogP contribution is -2.48.